The van der Waals surface area contributed by atoms with E-state index >= 15 is 0 Å². The Morgan fingerprint density at radius 2 is 1.79 bits per heavy atom. The van der Waals surface area contributed by atoms with Gasteiger partial charge in [0.25, 0.3) is 5.91 Å². The van der Waals surface area contributed by atoms with Gasteiger partial charge < -0.3 is 15.2 Å². The van der Waals surface area contributed by atoms with E-state index in [4.69, 9.17) is 4.74 Å². The second-order valence-electron chi connectivity index (χ2n) is 6.96. The summed E-state index contributed by atoms with van der Waals surface area (Å²) in [5, 5.41) is 11.7. The third kappa shape index (κ3) is 4.39. The topological polar surface area (TPSA) is 75.6 Å². The van der Waals surface area contributed by atoms with E-state index < -0.39 is 17.7 Å². The third-order valence-corrected chi connectivity index (χ3v) is 4.51. The molecule has 0 aromatic heterocycles. The van der Waals surface area contributed by atoms with Crippen LogP contribution in [0.4, 0.5) is 10.1 Å². The summed E-state index contributed by atoms with van der Waals surface area (Å²) in [5.74, 6) is -1.55. The fourth-order valence-corrected chi connectivity index (χ4v) is 3.25. The summed E-state index contributed by atoms with van der Waals surface area (Å²) in [6.45, 7) is 3.86. The number of benzene rings is 2. The predicted molar refractivity (Wildman–Crippen MR) is 105 cm³/mol. The lowest BCUT2D eigenvalue weighted by Crippen LogP contribution is -2.17. The molecule has 0 heterocycles. The molecule has 0 atom stereocenters. The minimum atomic E-state index is -1.10. The van der Waals surface area contributed by atoms with Crippen LogP contribution >= 0.6 is 0 Å². The Labute approximate surface area is 162 Å². The molecule has 0 radical (unpaired) electrons. The van der Waals surface area contributed by atoms with Crippen molar-refractivity contribution in [2.75, 3.05) is 5.32 Å². The molecule has 146 valence electrons. The molecule has 0 saturated carbocycles. The van der Waals surface area contributed by atoms with E-state index in [1.165, 1.54) is 12.1 Å². The second-order valence-corrected chi connectivity index (χ2v) is 6.96. The first-order valence-corrected chi connectivity index (χ1v) is 9.18. The van der Waals surface area contributed by atoms with E-state index in [1.807, 2.05) is 38.1 Å². The summed E-state index contributed by atoms with van der Waals surface area (Å²) in [4.78, 5) is 23.6. The highest BCUT2D eigenvalue weighted by atomic mass is 19.1. The molecule has 1 aliphatic carbocycles. The highest BCUT2D eigenvalue weighted by Gasteiger charge is 2.25. The average Bonchev–Trinajstić information content (AvgIpc) is 3.13. The Bertz CT molecular complexity index is 949. The molecule has 0 saturated heterocycles. The largest absolute Gasteiger partial charge is 0.491 e. The molecule has 0 aliphatic heterocycles. The van der Waals surface area contributed by atoms with Gasteiger partial charge in [-0.15, -0.1) is 0 Å². The number of rotatable bonds is 6. The van der Waals surface area contributed by atoms with Crippen molar-refractivity contribution >= 4 is 17.6 Å². The molecule has 3 rings (SSSR count). The maximum Gasteiger partial charge on any atom is 0.332 e. The molecule has 1 amide bonds. The Morgan fingerprint density at radius 1 is 1.07 bits per heavy atom. The van der Waals surface area contributed by atoms with Gasteiger partial charge in [0.2, 0.25) is 0 Å². The van der Waals surface area contributed by atoms with Gasteiger partial charge in [0.1, 0.15) is 11.6 Å². The Kier molecular flexibility index (Phi) is 5.78. The first kappa shape index (κ1) is 19.6. The molecular weight excluding hydrogens is 361 g/mol. The van der Waals surface area contributed by atoms with Crippen molar-refractivity contribution < 1.29 is 23.8 Å². The van der Waals surface area contributed by atoms with Gasteiger partial charge in [0.05, 0.1) is 11.8 Å². The minimum absolute atomic E-state index is 0.0208. The van der Waals surface area contributed by atoms with Crippen molar-refractivity contribution in [3.8, 4) is 16.9 Å². The molecule has 0 spiro atoms. The van der Waals surface area contributed by atoms with Crippen molar-refractivity contribution in [3.05, 3.63) is 59.4 Å². The molecule has 0 unspecified atom stereocenters. The Balaban J connectivity index is 1.81. The number of halogens is 1. The van der Waals surface area contributed by atoms with Crippen LogP contribution in [0.2, 0.25) is 0 Å². The highest BCUT2D eigenvalue weighted by Crippen LogP contribution is 2.30. The van der Waals surface area contributed by atoms with Crippen molar-refractivity contribution in [3.63, 3.8) is 0 Å². The van der Waals surface area contributed by atoms with Crippen molar-refractivity contribution in [2.24, 2.45) is 0 Å². The number of hydrogen-bond acceptors (Lipinski definition) is 3. The number of aliphatic carboxylic acids is 1. The third-order valence-electron chi connectivity index (χ3n) is 4.51. The fourth-order valence-electron chi connectivity index (χ4n) is 3.25. The van der Waals surface area contributed by atoms with Gasteiger partial charge in [-0.05, 0) is 68.5 Å². The first-order chi connectivity index (χ1) is 13.3. The van der Waals surface area contributed by atoms with Gasteiger partial charge in [0.15, 0.2) is 0 Å². The lowest BCUT2D eigenvalue weighted by atomic mass is 10.0. The molecule has 2 N–H and O–H groups in total. The van der Waals surface area contributed by atoms with Gasteiger partial charge in [-0.2, -0.15) is 0 Å². The van der Waals surface area contributed by atoms with Crippen LogP contribution in [0, 0.1) is 5.82 Å². The molecule has 0 fully saturated rings. The number of amides is 1. The van der Waals surface area contributed by atoms with Crippen LogP contribution in [0.1, 0.15) is 33.1 Å². The number of hydrogen-bond donors (Lipinski definition) is 2. The summed E-state index contributed by atoms with van der Waals surface area (Å²) in [6, 6.07) is 11.9. The van der Waals surface area contributed by atoms with Crippen molar-refractivity contribution in [1.82, 2.24) is 0 Å². The van der Waals surface area contributed by atoms with Crippen LogP contribution in [-0.4, -0.2) is 23.1 Å². The molecule has 28 heavy (non-hydrogen) atoms. The summed E-state index contributed by atoms with van der Waals surface area (Å²) in [7, 11) is 0. The summed E-state index contributed by atoms with van der Waals surface area (Å²) in [5.41, 5.74) is 1.79. The molecule has 1 aliphatic rings. The molecule has 0 bridgehead atoms. The van der Waals surface area contributed by atoms with Crippen molar-refractivity contribution in [1.29, 1.82) is 0 Å². The number of carboxylic acid groups (broad SMARTS) is 1. The maximum absolute atomic E-state index is 14.6. The normalized spacial score (nSPS) is 13.7. The number of nitrogens with one attached hydrogen (secondary N) is 1. The van der Waals surface area contributed by atoms with Crippen LogP contribution in [0.15, 0.2) is 53.6 Å². The van der Waals surface area contributed by atoms with Crippen LogP contribution in [0.3, 0.4) is 0 Å². The average molecular weight is 383 g/mol. The lowest BCUT2D eigenvalue weighted by molar-refractivity contribution is -0.133. The molecular formula is C22H22FNO4. The Morgan fingerprint density at radius 3 is 2.46 bits per heavy atom. The second kappa shape index (κ2) is 8.25. The standard InChI is InChI=1S/C22H22FNO4/c1-13(2)28-16-6-3-5-14(11-16)15-9-10-20(19(23)12-15)24-21(25)17-7-4-8-18(17)22(26)27/h3,5-6,9-13H,4,7-8H2,1-2H3,(H,24,25)(H,26,27). The lowest BCUT2D eigenvalue weighted by Gasteiger charge is -2.12. The maximum atomic E-state index is 14.6. The number of carbonyl (C=O) groups excluding carboxylic acids is 1. The molecule has 2 aromatic carbocycles. The quantitative estimate of drug-likeness (QED) is 0.752. The van der Waals surface area contributed by atoms with Crippen LogP contribution in [0.25, 0.3) is 11.1 Å². The fraction of sp³-hybridized carbons (Fsp3) is 0.273. The van der Waals surface area contributed by atoms with Crippen molar-refractivity contribution in [2.45, 2.75) is 39.2 Å². The van der Waals surface area contributed by atoms with Gasteiger partial charge in [-0.3, -0.25) is 4.79 Å². The zero-order chi connectivity index (χ0) is 20.3. The zero-order valence-electron chi connectivity index (χ0n) is 15.8. The van der Waals surface area contributed by atoms with E-state index in [-0.39, 0.29) is 22.9 Å². The summed E-state index contributed by atoms with van der Waals surface area (Å²) in [6.07, 6.45) is 1.38. The minimum Gasteiger partial charge on any atom is -0.491 e. The number of carbonyl (C=O) groups is 2. The predicted octanol–water partition coefficient (Wildman–Crippen LogP) is 4.78. The summed E-state index contributed by atoms with van der Waals surface area (Å²) < 4.78 is 20.2. The summed E-state index contributed by atoms with van der Waals surface area (Å²) >= 11 is 0. The van der Waals surface area contributed by atoms with E-state index in [1.54, 1.807) is 6.07 Å². The van der Waals surface area contributed by atoms with Crippen LogP contribution < -0.4 is 10.1 Å². The number of carboxylic acids is 1. The highest BCUT2D eigenvalue weighted by molar-refractivity contribution is 6.09. The van der Waals surface area contributed by atoms with Gasteiger partial charge in [-0.1, -0.05) is 18.2 Å². The Hall–Kier alpha value is -3.15. The smallest absolute Gasteiger partial charge is 0.332 e. The van der Waals surface area contributed by atoms with Gasteiger partial charge in [0, 0.05) is 11.1 Å². The number of anilines is 1. The van der Waals surface area contributed by atoms with E-state index in [2.05, 4.69) is 5.32 Å². The van der Waals surface area contributed by atoms with E-state index in [0.717, 1.165) is 5.56 Å². The van der Waals surface area contributed by atoms with Crippen LogP contribution in [0.5, 0.6) is 5.75 Å². The molecule has 5 nitrogen and oxygen atoms in total. The van der Waals surface area contributed by atoms with E-state index in [9.17, 15) is 19.1 Å². The van der Waals surface area contributed by atoms with Gasteiger partial charge in [-0.25, -0.2) is 9.18 Å². The number of ether oxygens (including phenoxy) is 1. The molecule has 6 heteroatoms. The van der Waals surface area contributed by atoms with Gasteiger partial charge >= 0.3 is 5.97 Å². The van der Waals surface area contributed by atoms with E-state index in [0.29, 0.717) is 30.6 Å². The zero-order valence-corrected chi connectivity index (χ0v) is 15.8. The SMILES string of the molecule is CC(C)Oc1cccc(-c2ccc(NC(=O)C3=C(C(=O)O)CCC3)c(F)c2)c1. The first-order valence-electron chi connectivity index (χ1n) is 9.18. The monoisotopic (exact) mass is 383 g/mol. The molecule has 2 aromatic rings. The van der Waals surface area contributed by atoms with Crippen LogP contribution in [-0.2, 0) is 9.59 Å².